The number of hydrogen-bond donors (Lipinski definition) is 2. The number of nitrogens with zero attached hydrogens (tertiary/aromatic N) is 1. The van der Waals surface area contributed by atoms with E-state index >= 15 is 0 Å². The number of piperidine rings is 1. The van der Waals surface area contributed by atoms with Crippen molar-refractivity contribution in [1.82, 2.24) is 10.2 Å². The van der Waals surface area contributed by atoms with E-state index in [9.17, 15) is 9.90 Å². The first-order valence-electron chi connectivity index (χ1n) is 7.98. The highest BCUT2D eigenvalue weighted by Gasteiger charge is 2.21. The van der Waals surface area contributed by atoms with Gasteiger partial charge < -0.3 is 15.3 Å². The number of nitrogens with one attached hydrogen (secondary N) is 1. The van der Waals surface area contributed by atoms with Crippen molar-refractivity contribution in [2.45, 2.75) is 45.1 Å². The molecule has 1 saturated heterocycles. The molecular weight excluding hydrogens is 252 g/mol. The van der Waals surface area contributed by atoms with Crippen LogP contribution in [0, 0.1) is 11.8 Å². The lowest BCUT2D eigenvalue weighted by Gasteiger charge is -2.31. The predicted octanol–water partition coefficient (Wildman–Crippen LogP) is 1.55. The van der Waals surface area contributed by atoms with Crippen molar-refractivity contribution in [2.24, 2.45) is 11.8 Å². The van der Waals surface area contributed by atoms with Crippen LogP contribution in [0.1, 0.15) is 39.0 Å². The monoisotopic (exact) mass is 280 g/mol. The van der Waals surface area contributed by atoms with Crippen LogP contribution in [0.5, 0.6) is 0 Å². The summed E-state index contributed by atoms with van der Waals surface area (Å²) in [5, 5.41) is 12.9. The molecule has 4 heteroatoms. The fourth-order valence-electron chi connectivity index (χ4n) is 3.00. The first kappa shape index (κ1) is 15.5. The lowest BCUT2D eigenvalue weighted by Crippen LogP contribution is -2.44. The fraction of sp³-hybridized carbons (Fsp3) is 0.812. The molecule has 2 N–H and O–H groups in total. The molecule has 2 unspecified atom stereocenters. The summed E-state index contributed by atoms with van der Waals surface area (Å²) in [6.07, 6.45) is 8.96. The molecule has 1 heterocycles. The molecule has 0 spiro atoms. The van der Waals surface area contributed by atoms with Gasteiger partial charge in [0.05, 0.1) is 6.10 Å². The van der Waals surface area contributed by atoms with Crippen molar-refractivity contribution in [3.63, 3.8) is 0 Å². The van der Waals surface area contributed by atoms with E-state index in [2.05, 4.69) is 29.3 Å². The summed E-state index contributed by atoms with van der Waals surface area (Å²) in [4.78, 5) is 14.3. The topological polar surface area (TPSA) is 52.6 Å². The van der Waals surface area contributed by atoms with Gasteiger partial charge in [-0.2, -0.15) is 0 Å². The van der Waals surface area contributed by atoms with Gasteiger partial charge in [-0.15, -0.1) is 0 Å². The number of likely N-dealkylation sites (tertiary alicyclic amines) is 1. The van der Waals surface area contributed by atoms with E-state index in [1.807, 2.05) is 0 Å². The second-order valence-corrected chi connectivity index (χ2v) is 6.36. The maximum absolute atomic E-state index is 12.0. The molecule has 4 nitrogen and oxygen atoms in total. The molecule has 2 aliphatic rings. The summed E-state index contributed by atoms with van der Waals surface area (Å²) in [6.45, 7) is 5.48. The van der Waals surface area contributed by atoms with Crippen LogP contribution in [0.2, 0.25) is 0 Å². The minimum Gasteiger partial charge on any atom is -0.390 e. The van der Waals surface area contributed by atoms with Gasteiger partial charge >= 0.3 is 0 Å². The van der Waals surface area contributed by atoms with Crippen LogP contribution in [-0.4, -0.2) is 48.2 Å². The number of rotatable bonds is 5. The molecule has 2 rings (SSSR count). The summed E-state index contributed by atoms with van der Waals surface area (Å²) in [5.74, 6) is 1.01. The SMILES string of the molecule is CC1CCN(CC(O)CNC(=O)C2CC=CCC2)CC1. The van der Waals surface area contributed by atoms with E-state index in [0.717, 1.165) is 38.3 Å². The van der Waals surface area contributed by atoms with E-state index in [4.69, 9.17) is 0 Å². The molecule has 20 heavy (non-hydrogen) atoms. The number of aliphatic hydroxyl groups is 1. The molecule has 0 radical (unpaired) electrons. The van der Waals surface area contributed by atoms with Crippen LogP contribution < -0.4 is 5.32 Å². The lowest BCUT2D eigenvalue weighted by atomic mass is 9.93. The van der Waals surface area contributed by atoms with Gasteiger partial charge in [-0.1, -0.05) is 19.1 Å². The third-order valence-corrected chi connectivity index (χ3v) is 4.50. The molecule has 0 saturated carbocycles. The summed E-state index contributed by atoms with van der Waals surface area (Å²) < 4.78 is 0. The Hall–Kier alpha value is -0.870. The summed E-state index contributed by atoms with van der Waals surface area (Å²) in [6, 6.07) is 0. The number of amides is 1. The first-order valence-corrected chi connectivity index (χ1v) is 7.98. The Morgan fingerprint density at radius 2 is 2.10 bits per heavy atom. The minimum absolute atomic E-state index is 0.0978. The Bertz CT molecular complexity index is 335. The van der Waals surface area contributed by atoms with Crippen LogP contribution in [0.25, 0.3) is 0 Å². The van der Waals surface area contributed by atoms with Crippen molar-refractivity contribution in [2.75, 3.05) is 26.2 Å². The van der Waals surface area contributed by atoms with Crippen molar-refractivity contribution < 1.29 is 9.90 Å². The number of aliphatic hydroxyl groups excluding tert-OH is 1. The average molecular weight is 280 g/mol. The van der Waals surface area contributed by atoms with E-state index in [1.54, 1.807) is 0 Å². The molecule has 1 aliphatic heterocycles. The zero-order valence-corrected chi connectivity index (χ0v) is 12.6. The van der Waals surface area contributed by atoms with E-state index in [1.165, 1.54) is 12.8 Å². The van der Waals surface area contributed by atoms with E-state index in [-0.39, 0.29) is 11.8 Å². The molecule has 1 fully saturated rings. The van der Waals surface area contributed by atoms with Gasteiger partial charge in [0, 0.05) is 19.0 Å². The zero-order chi connectivity index (χ0) is 14.4. The van der Waals surface area contributed by atoms with E-state index < -0.39 is 6.10 Å². The lowest BCUT2D eigenvalue weighted by molar-refractivity contribution is -0.125. The summed E-state index contributed by atoms with van der Waals surface area (Å²) in [7, 11) is 0. The van der Waals surface area contributed by atoms with Gasteiger partial charge in [-0.3, -0.25) is 4.79 Å². The molecule has 0 aromatic heterocycles. The van der Waals surface area contributed by atoms with Crippen LogP contribution in [0.3, 0.4) is 0 Å². The van der Waals surface area contributed by atoms with Gasteiger partial charge in [-0.25, -0.2) is 0 Å². The van der Waals surface area contributed by atoms with Crippen LogP contribution in [0.15, 0.2) is 12.2 Å². The normalized spacial score (nSPS) is 26.4. The Balaban J connectivity index is 1.63. The maximum atomic E-state index is 12.0. The molecule has 0 bridgehead atoms. The zero-order valence-electron chi connectivity index (χ0n) is 12.6. The number of carbonyl (C=O) groups is 1. The van der Waals surface area contributed by atoms with Gasteiger partial charge in [0.1, 0.15) is 0 Å². The highest BCUT2D eigenvalue weighted by atomic mass is 16.3. The molecular formula is C16H28N2O2. The third-order valence-electron chi connectivity index (χ3n) is 4.50. The predicted molar refractivity (Wildman–Crippen MR) is 80.3 cm³/mol. The molecule has 0 aromatic rings. The quantitative estimate of drug-likeness (QED) is 0.751. The highest BCUT2D eigenvalue weighted by molar-refractivity contribution is 5.78. The Morgan fingerprint density at radius 1 is 1.35 bits per heavy atom. The van der Waals surface area contributed by atoms with Crippen LogP contribution in [-0.2, 0) is 4.79 Å². The molecule has 1 amide bonds. The van der Waals surface area contributed by atoms with Gasteiger partial charge in [0.25, 0.3) is 0 Å². The Morgan fingerprint density at radius 3 is 2.75 bits per heavy atom. The highest BCUT2D eigenvalue weighted by Crippen LogP contribution is 2.18. The van der Waals surface area contributed by atoms with Gasteiger partial charge in [-0.05, 0) is 51.1 Å². The van der Waals surface area contributed by atoms with Crippen molar-refractivity contribution in [1.29, 1.82) is 0 Å². The number of allylic oxidation sites excluding steroid dienone is 2. The third kappa shape index (κ3) is 4.91. The second kappa shape index (κ2) is 7.79. The van der Waals surface area contributed by atoms with Crippen molar-refractivity contribution in [3.8, 4) is 0 Å². The standard InChI is InChI=1S/C16H28N2O2/c1-13-7-9-18(10-8-13)12-15(19)11-17-16(20)14-5-3-2-4-6-14/h2-3,13-15,19H,4-12H2,1H3,(H,17,20). The first-order chi connectivity index (χ1) is 9.65. The molecule has 2 atom stereocenters. The molecule has 1 aliphatic carbocycles. The Labute approximate surface area is 122 Å². The largest absolute Gasteiger partial charge is 0.390 e. The Kier molecular flexibility index (Phi) is 6.05. The fourth-order valence-corrected chi connectivity index (χ4v) is 3.00. The van der Waals surface area contributed by atoms with Crippen molar-refractivity contribution in [3.05, 3.63) is 12.2 Å². The molecule has 0 aromatic carbocycles. The van der Waals surface area contributed by atoms with Crippen LogP contribution in [0.4, 0.5) is 0 Å². The van der Waals surface area contributed by atoms with Gasteiger partial charge in [0.15, 0.2) is 0 Å². The maximum Gasteiger partial charge on any atom is 0.223 e. The second-order valence-electron chi connectivity index (χ2n) is 6.36. The van der Waals surface area contributed by atoms with Gasteiger partial charge in [0.2, 0.25) is 5.91 Å². The number of hydrogen-bond acceptors (Lipinski definition) is 3. The number of β-amino-alcohol motifs (C(OH)–C–C–N with tert-alkyl or cyclic N) is 1. The van der Waals surface area contributed by atoms with E-state index in [0.29, 0.717) is 13.1 Å². The number of carbonyl (C=O) groups excluding carboxylic acids is 1. The summed E-state index contributed by atoms with van der Waals surface area (Å²) in [5.41, 5.74) is 0. The summed E-state index contributed by atoms with van der Waals surface area (Å²) >= 11 is 0. The average Bonchev–Trinajstić information content (AvgIpc) is 2.48. The smallest absolute Gasteiger partial charge is 0.223 e. The minimum atomic E-state index is -0.452. The molecule has 114 valence electrons. The van der Waals surface area contributed by atoms with Crippen LogP contribution >= 0.6 is 0 Å². The van der Waals surface area contributed by atoms with Crippen molar-refractivity contribution >= 4 is 5.91 Å².